The van der Waals surface area contributed by atoms with E-state index in [1.807, 2.05) is 49.0 Å². The van der Waals surface area contributed by atoms with E-state index in [4.69, 9.17) is 11.6 Å². The summed E-state index contributed by atoms with van der Waals surface area (Å²) in [6, 6.07) is 5.77. The van der Waals surface area contributed by atoms with Gasteiger partial charge in [0.05, 0.1) is 16.9 Å². The molecule has 0 fully saturated rings. The number of nitrogens with one attached hydrogen (secondary N) is 2. The van der Waals surface area contributed by atoms with Crippen molar-refractivity contribution in [2.24, 2.45) is 0 Å². The van der Waals surface area contributed by atoms with Gasteiger partial charge in [0.15, 0.2) is 11.5 Å². The van der Waals surface area contributed by atoms with Crippen LogP contribution in [0.3, 0.4) is 0 Å². The third-order valence-electron chi connectivity index (χ3n) is 3.10. The van der Waals surface area contributed by atoms with Gasteiger partial charge in [0.25, 0.3) is 0 Å². The van der Waals surface area contributed by atoms with Gasteiger partial charge in [-0.15, -0.1) is 0 Å². The Labute approximate surface area is 121 Å². The molecule has 0 atom stereocenters. The lowest BCUT2D eigenvalue weighted by Gasteiger charge is -2.12. The normalized spacial score (nSPS) is 10.8. The maximum atomic E-state index is 6.25. The van der Waals surface area contributed by atoms with E-state index in [0.717, 1.165) is 22.7 Å². The van der Waals surface area contributed by atoms with Gasteiger partial charge in [0.2, 0.25) is 0 Å². The zero-order valence-corrected chi connectivity index (χ0v) is 11.9. The van der Waals surface area contributed by atoms with E-state index in [0.29, 0.717) is 10.8 Å². The number of aromatic nitrogens is 3. The molecular weight excluding hydrogens is 274 g/mol. The highest BCUT2D eigenvalue weighted by molar-refractivity contribution is 6.33. The molecule has 1 aromatic carbocycles. The first-order valence-corrected chi connectivity index (χ1v) is 6.60. The van der Waals surface area contributed by atoms with Gasteiger partial charge in [-0.05, 0) is 18.6 Å². The number of imidazole rings is 1. The molecule has 3 rings (SSSR count). The highest BCUT2D eigenvalue weighted by atomic mass is 35.5. The van der Waals surface area contributed by atoms with Crippen molar-refractivity contribution < 1.29 is 0 Å². The molecule has 20 heavy (non-hydrogen) atoms. The Morgan fingerprint density at radius 2 is 2.15 bits per heavy atom. The summed E-state index contributed by atoms with van der Waals surface area (Å²) in [5, 5.41) is 6.97. The van der Waals surface area contributed by atoms with Gasteiger partial charge in [-0.25, -0.2) is 9.97 Å². The van der Waals surface area contributed by atoms with Crippen LogP contribution < -0.4 is 10.6 Å². The Morgan fingerprint density at radius 1 is 1.30 bits per heavy atom. The van der Waals surface area contributed by atoms with Crippen LogP contribution in [0.4, 0.5) is 17.3 Å². The number of halogens is 1. The smallest absolute Gasteiger partial charge is 0.180 e. The first-order chi connectivity index (χ1) is 9.69. The Morgan fingerprint density at radius 3 is 2.90 bits per heavy atom. The van der Waals surface area contributed by atoms with E-state index < -0.39 is 0 Å². The molecule has 0 saturated heterocycles. The minimum atomic E-state index is 0.659. The second-order valence-corrected chi connectivity index (χ2v) is 4.85. The van der Waals surface area contributed by atoms with Crippen LogP contribution in [-0.4, -0.2) is 21.4 Å². The molecule has 0 radical (unpaired) electrons. The molecular formula is C14H14ClN5. The summed E-state index contributed by atoms with van der Waals surface area (Å²) in [5.41, 5.74) is 2.65. The number of hydrogen-bond donors (Lipinski definition) is 2. The van der Waals surface area contributed by atoms with E-state index in [9.17, 15) is 0 Å². The Hall–Kier alpha value is -2.27. The number of benzene rings is 1. The number of anilines is 3. The fourth-order valence-corrected chi connectivity index (χ4v) is 2.31. The number of rotatable bonds is 3. The number of hydrogen-bond acceptors (Lipinski definition) is 4. The van der Waals surface area contributed by atoms with E-state index in [-0.39, 0.29) is 0 Å². The monoisotopic (exact) mass is 287 g/mol. The summed E-state index contributed by atoms with van der Waals surface area (Å²) in [6.45, 7) is 2.00. The van der Waals surface area contributed by atoms with Crippen molar-refractivity contribution in [3.63, 3.8) is 0 Å². The summed E-state index contributed by atoms with van der Waals surface area (Å²) in [4.78, 5) is 8.82. The average molecular weight is 288 g/mol. The van der Waals surface area contributed by atoms with Crippen molar-refractivity contribution in [3.05, 3.63) is 47.4 Å². The fourth-order valence-electron chi connectivity index (χ4n) is 2.04. The zero-order valence-electron chi connectivity index (χ0n) is 11.2. The van der Waals surface area contributed by atoms with Crippen LogP contribution in [0.1, 0.15) is 5.56 Å². The zero-order chi connectivity index (χ0) is 14.1. The molecule has 3 aromatic rings. The number of aryl methyl sites for hydroxylation is 1. The average Bonchev–Trinajstić information content (AvgIpc) is 2.91. The fraction of sp³-hybridized carbons (Fsp3) is 0.143. The van der Waals surface area contributed by atoms with Crippen molar-refractivity contribution >= 4 is 34.6 Å². The van der Waals surface area contributed by atoms with E-state index >= 15 is 0 Å². The summed E-state index contributed by atoms with van der Waals surface area (Å²) < 4.78 is 1.91. The summed E-state index contributed by atoms with van der Waals surface area (Å²) in [6.07, 6.45) is 5.50. The van der Waals surface area contributed by atoms with Crippen molar-refractivity contribution in [2.75, 3.05) is 17.7 Å². The predicted octanol–water partition coefficient (Wildman–Crippen LogP) is 3.48. The van der Waals surface area contributed by atoms with Crippen molar-refractivity contribution in [1.82, 2.24) is 14.4 Å². The van der Waals surface area contributed by atoms with Crippen LogP contribution in [0.25, 0.3) is 5.65 Å². The van der Waals surface area contributed by atoms with Gasteiger partial charge in [-0.3, -0.25) is 0 Å². The topological polar surface area (TPSA) is 54.2 Å². The van der Waals surface area contributed by atoms with Gasteiger partial charge >= 0.3 is 0 Å². The van der Waals surface area contributed by atoms with Crippen LogP contribution in [0.5, 0.6) is 0 Å². The maximum Gasteiger partial charge on any atom is 0.180 e. The number of para-hydroxylation sites is 1. The highest BCUT2D eigenvalue weighted by Crippen LogP contribution is 2.29. The molecule has 6 heteroatoms. The van der Waals surface area contributed by atoms with Crippen LogP contribution in [0, 0.1) is 6.92 Å². The molecule has 0 unspecified atom stereocenters. The SMILES string of the molecule is CNc1cn2ccnc2c(Nc2c(C)cccc2Cl)n1. The summed E-state index contributed by atoms with van der Waals surface area (Å²) >= 11 is 6.25. The van der Waals surface area contributed by atoms with Crippen molar-refractivity contribution in [3.8, 4) is 0 Å². The Balaban J connectivity index is 2.12. The largest absolute Gasteiger partial charge is 0.372 e. The quantitative estimate of drug-likeness (QED) is 0.774. The van der Waals surface area contributed by atoms with Gasteiger partial charge in [-0.1, -0.05) is 23.7 Å². The second kappa shape index (κ2) is 5.02. The van der Waals surface area contributed by atoms with Crippen LogP contribution in [-0.2, 0) is 0 Å². The standard InChI is InChI=1S/C14H14ClN5/c1-9-4-3-5-10(15)12(9)19-13-14-17-6-7-20(14)8-11(16-2)18-13/h3-8,16H,1-2H3,(H,18,19). The minimum Gasteiger partial charge on any atom is -0.372 e. The first-order valence-electron chi connectivity index (χ1n) is 6.22. The molecule has 0 aliphatic carbocycles. The lowest BCUT2D eigenvalue weighted by atomic mass is 10.2. The molecule has 102 valence electrons. The predicted molar refractivity (Wildman–Crippen MR) is 82.0 cm³/mol. The highest BCUT2D eigenvalue weighted by Gasteiger charge is 2.10. The van der Waals surface area contributed by atoms with E-state index in [1.165, 1.54) is 0 Å². The molecule has 2 N–H and O–H groups in total. The van der Waals surface area contributed by atoms with Crippen LogP contribution >= 0.6 is 11.6 Å². The van der Waals surface area contributed by atoms with Crippen LogP contribution in [0.2, 0.25) is 5.02 Å². The third-order valence-corrected chi connectivity index (χ3v) is 3.41. The summed E-state index contributed by atoms with van der Waals surface area (Å²) in [7, 11) is 1.83. The van der Waals surface area contributed by atoms with E-state index in [1.54, 1.807) is 6.20 Å². The Kier molecular flexibility index (Phi) is 3.20. The number of nitrogens with zero attached hydrogens (tertiary/aromatic N) is 3. The molecule has 0 amide bonds. The molecule has 0 spiro atoms. The molecule has 2 aromatic heterocycles. The van der Waals surface area contributed by atoms with E-state index in [2.05, 4.69) is 20.6 Å². The van der Waals surface area contributed by atoms with Gasteiger partial charge in [0, 0.05) is 19.4 Å². The number of fused-ring (bicyclic) bond motifs is 1. The molecule has 5 nitrogen and oxygen atoms in total. The van der Waals surface area contributed by atoms with Gasteiger partial charge in [-0.2, -0.15) is 0 Å². The second-order valence-electron chi connectivity index (χ2n) is 4.44. The lowest BCUT2D eigenvalue weighted by Crippen LogP contribution is -2.03. The molecule has 0 saturated carbocycles. The Bertz CT molecular complexity index is 745. The minimum absolute atomic E-state index is 0.659. The maximum absolute atomic E-state index is 6.25. The van der Waals surface area contributed by atoms with Gasteiger partial charge in [0.1, 0.15) is 5.82 Å². The molecule has 0 aliphatic heterocycles. The van der Waals surface area contributed by atoms with Crippen molar-refractivity contribution in [1.29, 1.82) is 0 Å². The van der Waals surface area contributed by atoms with Crippen molar-refractivity contribution in [2.45, 2.75) is 6.92 Å². The van der Waals surface area contributed by atoms with Gasteiger partial charge < -0.3 is 15.0 Å². The van der Waals surface area contributed by atoms with Crippen LogP contribution in [0.15, 0.2) is 36.8 Å². The molecule has 2 heterocycles. The first kappa shape index (κ1) is 12.7. The molecule has 0 bridgehead atoms. The third kappa shape index (κ3) is 2.16. The summed E-state index contributed by atoms with van der Waals surface area (Å²) in [5.74, 6) is 1.42. The molecule has 0 aliphatic rings. The lowest BCUT2D eigenvalue weighted by molar-refractivity contribution is 1.12.